The number of carbonyl (C=O) groups is 1. The fraction of sp³-hybridized carbons (Fsp3) is 0.536. The molecule has 2 fully saturated rings. The highest BCUT2D eigenvalue weighted by atomic mass is 35.5. The topological polar surface area (TPSA) is 79.0 Å². The van der Waals surface area contributed by atoms with E-state index in [1.165, 1.54) is 28.6 Å². The highest BCUT2D eigenvalue weighted by Gasteiger charge is 2.35. The van der Waals surface area contributed by atoms with Crippen LogP contribution in [-0.2, 0) is 19.6 Å². The lowest BCUT2D eigenvalue weighted by Gasteiger charge is -2.37. The number of benzene rings is 2. The molecule has 1 saturated heterocycles. The van der Waals surface area contributed by atoms with Crippen LogP contribution in [0.2, 0.25) is 10.0 Å². The molecular weight excluding hydrogens is 564 g/mol. The summed E-state index contributed by atoms with van der Waals surface area (Å²) in [6, 6.07) is 11.3. The molecule has 2 aromatic carbocycles. The molecule has 1 heterocycles. The normalized spacial score (nSPS) is 23.2. The van der Waals surface area contributed by atoms with Crippen LogP contribution in [0.15, 0.2) is 47.4 Å². The number of hydrogen-bond acceptors (Lipinski definition) is 5. The molecular formula is C28H36Cl2FN3O4S. The molecule has 2 aliphatic rings. The van der Waals surface area contributed by atoms with E-state index < -0.39 is 10.0 Å². The van der Waals surface area contributed by atoms with E-state index in [1.807, 2.05) is 20.2 Å². The zero-order valence-electron chi connectivity index (χ0n) is 22.3. The Bertz CT molecular complexity index is 1260. The van der Waals surface area contributed by atoms with E-state index in [0.717, 1.165) is 31.2 Å². The summed E-state index contributed by atoms with van der Waals surface area (Å²) < 4.78 is 46.8. The van der Waals surface area contributed by atoms with Crippen molar-refractivity contribution in [2.24, 2.45) is 11.8 Å². The molecule has 11 heteroatoms. The highest BCUT2D eigenvalue weighted by molar-refractivity contribution is 7.89. The summed E-state index contributed by atoms with van der Waals surface area (Å²) in [6.45, 7) is 0.928. The minimum Gasteiger partial charge on any atom is -0.367 e. The Kier molecular flexibility index (Phi) is 10.3. The Morgan fingerprint density at radius 2 is 1.87 bits per heavy atom. The molecule has 1 aliphatic carbocycles. The zero-order chi connectivity index (χ0) is 28.2. The number of amides is 1. The van der Waals surface area contributed by atoms with Crippen molar-refractivity contribution in [3.63, 3.8) is 0 Å². The fourth-order valence-corrected chi connectivity index (χ4v) is 8.00. The second-order valence-corrected chi connectivity index (χ2v) is 13.5. The Balaban J connectivity index is 1.19. The first-order valence-corrected chi connectivity index (χ1v) is 15.5. The van der Waals surface area contributed by atoms with Gasteiger partial charge in [0, 0.05) is 30.7 Å². The van der Waals surface area contributed by atoms with Crippen LogP contribution in [0.4, 0.5) is 4.39 Å². The molecule has 2 aromatic rings. The predicted molar refractivity (Wildman–Crippen MR) is 151 cm³/mol. The van der Waals surface area contributed by atoms with Gasteiger partial charge >= 0.3 is 0 Å². The third-order valence-electron chi connectivity index (χ3n) is 7.74. The molecule has 1 aliphatic heterocycles. The summed E-state index contributed by atoms with van der Waals surface area (Å²) in [5, 5.41) is 3.42. The van der Waals surface area contributed by atoms with Crippen molar-refractivity contribution in [1.82, 2.24) is 14.5 Å². The molecule has 7 nitrogen and oxygen atoms in total. The molecule has 1 amide bonds. The molecule has 4 rings (SSSR count). The Morgan fingerprint density at radius 1 is 1.13 bits per heavy atom. The van der Waals surface area contributed by atoms with Crippen molar-refractivity contribution in [3.8, 4) is 0 Å². The summed E-state index contributed by atoms with van der Waals surface area (Å²) >= 11 is 12.0. The number of nitrogens with zero attached hydrogens (tertiary/aromatic N) is 2. The Labute approximate surface area is 240 Å². The predicted octanol–water partition coefficient (Wildman–Crippen LogP) is 5.14. The van der Waals surface area contributed by atoms with Gasteiger partial charge < -0.3 is 15.0 Å². The lowest BCUT2D eigenvalue weighted by atomic mass is 9.76. The van der Waals surface area contributed by atoms with Gasteiger partial charge in [-0.15, -0.1) is 0 Å². The molecule has 1 saturated carbocycles. The van der Waals surface area contributed by atoms with Crippen molar-refractivity contribution < 1.29 is 22.3 Å². The number of rotatable bonds is 10. The lowest BCUT2D eigenvalue weighted by Crippen LogP contribution is -2.37. The van der Waals surface area contributed by atoms with E-state index in [0.29, 0.717) is 36.4 Å². The molecule has 1 N–H and O–H groups in total. The van der Waals surface area contributed by atoms with Crippen LogP contribution >= 0.6 is 23.2 Å². The van der Waals surface area contributed by atoms with Gasteiger partial charge in [0.15, 0.2) is 0 Å². The van der Waals surface area contributed by atoms with E-state index in [4.69, 9.17) is 27.9 Å². The van der Waals surface area contributed by atoms with Crippen molar-refractivity contribution in [2.75, 3.05) is 40.3 Å². The number of hydrogen-bond donors (Lipinski definition) is 1. The molecule has 214 valence electrons. The van der Waals surface area contributed by atoms with Crippen molar-refractivity contribution in [3.05, 3.63) is 63.9 Å². The standard InChI is InChI=1S/C28H36Cl2FN3O4S/c1-33(2)28(21-4-3-5-23(31)14-21)20-8-6-19(7-9-20)16-32-27(35)18-38-24-12-13-34(17-24)39(36,37)26-11-10-22(29)15-25(26)30/h3-5,10-11,14-15,19-20,24,28H,6-9,12-13,16-18H2,1-2H3,(H,32,35). The second-order valence-electron chi connectivity index (χ2n) is 10.7. The van der Waals surface area contributed by atoms with Crippen LogP contribution < -0.4 is 5.32 Å². The SMILES string of the molecule is CN(C)C(c1cccc(F)c1)C1CCC(CNC(=O)COC2CCN(S(=O)(=O)c3ccc(Cl)cc3Cl)C2)CC1. The van der Waals surface area contributed by atoms with E-state index >= 15 is 0 Å². The van der Waals surface area contributed by atoms with E-state index in [9.17, 15) is 17.6 Å². The summed E-state index contributed by atoms with van der Waals surface area (Å²) in [7, 11) is 0.293. The average Bonchev–Trinajstić information content (AvgIpc) is 3.37. The quantitative estimate of drug-likeness (QED) is 0.409. The van der Waals surface area contributed by atoms with Crippen LogP contribution in [0.3, 0.4) is 0 Å². The smallest absolute Gasteiger partial charge is 0.246 e. The van der Waals surface area contributed by atoms with E-state index in [-0.39, 0.29) is 46.9 Å². The van der Waals surface area contributed by atoms with Crippen LogP contribution in [0.1, 0.15) is 43.7 Å². The second kappa shape index (κ2) is 13.3. The minimum atomic E-state index is -3.78. The van der Waals surface area contributed by atoms with Crippen LogP contribution in [0.25, 0.3) is 0 Å². The van der Waals surface area contributed by atoms with Gasteiger partial charge in [0.1, 0.15) is 17.3 Å². The van der Waals surface area contributed by atoms with Crippen LogP contribution in [-0.4, -0.2) is 70.0 Å². The molecule has 2 unspecified atom stereocenters. The Hall–Kier alpha value is -1.75. The first-order valence-electron chi connectivity index (χ1n) is 13.3. The summed E-state index contributed by atoms with van der Waals surface area (Å²) in [4.78, 5) is 14.6. The van der Waals surface area contributed by atoms with Gasteiger partial charge in [0.25, 0.3) is 0 Å². The summed E-state index contributed by atoms with van der Waals surface area (Å²) in [6.07, 6.45) is 4.15. The van der Waals surface area contributed by atoms with Crippen LogP contribution in [0, 0.1) is 17.7 Å². The van der Waals surface area contributed by atoms with Gasteiger partial charge in [-0.1, -0.05) is 35.3 Å². The molecule has 0 radical (unpaired) electrons. The third-order valence-corrected chi connectivity index (χ3v) is 10.3. The lowest BCUT2D eigenvalue weighted by molar-refractivity contribution is -0.127. The molecule has 0 bridgehead atoms. The minimum absolute atomic E-state index is 0.00881. The molecule has 0 spiro atoms. The maximum atomic E-state index is 13.8. The molecule has 39 heavy (non-hydrogen) atoms. The number of carbonyl (C=O) groups excluding carboxylic acids is 1. The third kappa shape index (κ3) is 7.71. The van der Waals surface area contributed by atoms with E-state index in [2.05, 4.69) is 10.2 Å². The van der Waals surface area contributed by atoms with Gasteiger partial charge in [-0.25, -0.2) is 12.8 Å². The average molecular weight is 601 g/mol. The van der Waals surface area contributed by atoms with Gasteiger partial charge in [-0.2, -0.15) is 4.31 Å². The number of nitrogens with one attached hydrogen (secondary N) is 1. The summed E-state index contributed by atoms with van der Waals surface area (Å²) in [5.41, 5.74) is 1.00. The van der Waals surface area contributed by atoms with Gasteiger partial charge in [0.2, 0.25) is 15.9 Å². The van der Waals surface area contributed by atoms with Gasteiger partial charge in [-0.3, -0.25) is 4.79 Å². The van der Waals surface area contributed by atoms with Gasteiger partial charge in [-0.05, 0) is 93.9 Å². The number of sulfonamides is 1. The van der Waals surface area contributed by atoms with Crippen molar-refractivity contribution >= 4 is 39.1 Å². The molecule has 2 atom stereocenters. The van der Waals surface area contributed by atoms with Crippen molar-refractivity contribution in [2.45, 2.75) is 49.1 Å². The maximum Gasteiger partial charge on any atom is 0.246 e. The monoisotopic (exact) mass is 599 g/mol. The number of halogens is 3. The first kappa shape index (κ1) is 30.2. The van der Waals surface area contributed by atoms with Gasteiger partial charge in [0.05, 0.1) is 11.1 Å². The number of ether oxygens (including phenoxy) is 1. The largest absolute Gasteiger partial charge is 0.367 e. The molecule has 0 aromatic heterocycles. The maximum absolute atomic E-state index is 13.8. The fourth-order valence-electron chi connectivity index (χ4n) is 5.77. The first-order chi connectivity index (χ1) is 18.5. The van der Waals surface area contributed by atoms with Crippen molar-refractivity contribution in [1.29, 1.82) is 0 Å². The Morgan fingerprint density at radius 3 is 2.54 bits per heavy atom. The summed E-state index contributed by atoms with van der Waals surface area (Å²) in [5.74, 6) is 0.402. The highest BCUT2D eigenvalue weighted by Crippen LogP contribution is 2.39. The zero-order valence-corrected chi connectivity index (χ0v) is 24.6. The van der Waals surface area contributed by atoms with Crippen LogP contribution in [0.5, 0.6) is 0 Å². The van der Waals surface area contributed by atoms with E-state index in [1.54, 1.807) is 12.1 Å².